The first kappa shape index (κ1) is 6.65. The molecule has 0 aliphatic carbocycles. The molecule has 3 nitrogen and oxygen atoms in total. The van der Waals surface area contributed by atoms with Crippen LogP contribution in [0.25, 0.3) is 0 Å². The fraction of sp³-hybridized carbons (Fsp3) is 0. The van der Waals surface area contributed by atoms with Crippen molar-refractivity contribution in [2.45, 2.75) is 0 Å². The SMILES string of the molecule is [NH]1[BiH][NH][BiH][NH][BiH]1. The van der Waals surface area contributed by atoms with Gasteiger partial charge in [0.05, 0.1) is 0 Å². The Balaban J connectivity index is 2.00. The third kappa shape index (κ3) is 2.74. The molecule has 0 aromatic heterocycles. The number of hydrogen-bond acceptors (Lipinski definition) is 3. The quantitative estimate of drug-likeness (QED) is 0.235. The Labute approximate surface area is 73.5 Å². The first-order chi connectivity index (χ1) is 3.00. The number of nitrogens with one attached hydrogen (secondary N) is 3. The number of rotatable bonds is 0. The molecule has 0 saturated carbocycles. The molecule has 1 aliphatic rings. The summed E-state index contributed by atoms with van der Waals surface area (Å²) in [5.74, 6) is 0. The molecule has 1 fully saturated rings. The fourth-order valence-corrected chi connectivity index (χ4v) is 70.6. The van der Waals surface area contributed by atoms with Crippen LogP contribution in [0.1, 0.15) is 0 Å². The molecule has 0 spiro atoms. The fourth-order valence-electron chi connectivity index (χ4n) is 0.188. The van der Waals surface area contributed by atoms with Gasteiger partial charge in [-0.2, -0.15) is 0 Å². The molecule has 0 amide bonds. The molecule has 6 heteroatoms. The summed E-state index contributed by atoms with van der Waals surface area (Å²) in [6.07, 6.45) is 0. The average molecular weight is 675 g/mol. The van der Waals surface area contributed by atoms with Crippen LogP contribution in [0, 0.1) is 0 Å². The normalized spacial score (nSPS) is 24.0. The summed E-state index contributed by atoms with van der Waals surface area (Å²) in [4.78, 5) is 0. The van der Waals surface area contributed by atoms with Gasteiger partial charge < -0.3 is 0 Å². The summed E-state index contributed by atoms with van der Waals surface area (Å²) < 4.78 is 10.5. The molecule has 0 radical (unpaired) electrons. The zero-order valence-electron chi connectivity index (χ0n) is 3.00. The minimum atomic E-state index is -0.278. The average Bonchev–Trinajstić information content (AvgIpc) is 1.72. The van der Waals surface area contributed by atoms with Crippen molar-refractivity contribution in [1.29, 1.82) is 0 Å². The van der Waals surface area contributed by atoms with Gasteiger partial charge in [0.2, 0.25) is 0 Å². The molecule has 0 unspecified atom stereocenters. The van der Waals surface area contributed by atoms with Crippen LogP contribution in [0.4, 0.5) is 0 Å². The molecule has 1 rings (SSSR count). The zero-order valence-corrected chi connectivity index (χ0v) is 14.7. The van der Waals surface area contributed by atoms with E-state index < -0.39 is 0 Å². The van der Waals surface area contributed by atoms with Gasteiger partial charge in [-0.05, 0) is 0 Å². The Morgan fingerprint density at radius 2 is 1.00 bits per heavy atom. The van der Waals surface area contributed by atoms with Crippen LogP contribution in [-0.4, -0.2) is 71.4 Å². The maximum atomic E-state index is 3.50. The van der Waals surface area contributed by atoms with E-state index in [1.165, 1.54) is 0 Å². The van der Waals surface area contributed by atoms with E-state index in [0.717, 1.165) is 0 Å². The van der Waals surface area contributed by atoms with E-state index in [4.69, 9.17) is 0 Å². The van der Waals surface area contributed by atoms with Crippen LogP contribution in [0.2, 0.25) is 0 Å². The van der Waals surface area contributed by atoms with E-state index >= 15 is 0 Å². The molecule has 36 valence electrons. The van der Waals surface area contributed by atoms with Crippen LogP contribution < -0.4 is 3.61 Å². The summed E-state index contributed by atoms with van der Waals surface area (Å²) >= 11 is -0.833. The monoisotopic (exact) mass is 675 g/mol. The summed E-state index contributed by atoms with van der Waals surface area (Å²) in [6, 6.07) is 0. The van der Waals surface area contributed by atoms with E-state index in [1.807, 2.05) is 0 Å². The third-order valence-corrected chi connectivity index (χ3v) is 28.9. The van der Waals surface area contributed by atoms with Gasteiger partial charge in [0.1, 0.15) is 0 Å². The van der Waals surface area contributed by atoms with E-state index in [-0.39, 0.29) is 71.4 Å². The van der Waals surface area contributed by atoms with Gasteiger partial charge in [-0.3, -0.25) is 0 Å². The van der Waals surface area contributed by atoms with Crippen molar-refractivity contribution in [3.05, 3.63) is 0 Å². The van der Waals surface area contributed by atoms with Gasteiger partial charge >= 0.3 is 75.1 Å². The second-order valence-electron chi connectivity index (χ2n) is 0.750. The second-order valence-corrected chi connectivity index (χ2v) is 32.2. The number of hydrogen-bond donors (Lipinski definition) is 3. The molecule has 1 aliphatic heterocycles. The first-order valence-corrected chi connectivity index (χ1v) is 13.2. The Morgan fingerprint density at radius 3 is 1.17 bits per heavy atom. The molecule has 3 N–H and O–H groups in total. The van der Waals surface area contributed by atoms with E-state index in [1.54, 1.807) is 0 Å². The van der Waals surface area contributed by atoms with E-state index in [2.05, 4.69) is 3.61 Å². The van der Waals surface area contributed by atoms with Crippen LogP contribution in [0.3, 0.4) is 0 Å². The Kier molecular flexibility index (Phi) is 4.89. The minimum absolute atomic E-state index is 0.278. The third-order valence-electron chi connectivity index (χ3n) is 0.375. The van der Waals surface area contributed by atoms with E-state index in [9.17, 15) is 0 Å². The Morgan fingerprint density at radius 1 is 0.667 bits per heavy atom. The van der Waals surface area contributed by atoms with Crippen molar-refractivity contribution >= 4 is 71.4 Å². The molecule has 0 atom stereocenters. The first-order valence-electron chi connectivity index (χ1n) is 1.50. The topological polar surface area (TPSA) is 36.1 Å². The molecule has 6 heavy (non-hydrogen) atoms. The van der Waals surface area contributed by atoms with Gasteiger partial charge in [0.15, 0.2) is 0 Å². The molecular formula is H6Bi3N3. The van der Waals surface area contributed by atoms with Crippen molar-refractivity contribution in [3.63, 3.8) is 0 Å². The van der Waals surface area contributed by atoms with Crippen molar-refractivity contribution in [2.75, 3.05) is 0 Å². The van der Waals surface area contributed by atoms with Crippen molar-refractivity contribution in [3.8, 4) is 0 Å². The van der Waals surface area contributed by atoms with Crippen LogP contribution in [0.15, 0.2) is 0 Å². The zero-order chi connectivity index (χ0) is 4.24. The van der Waals surface area contributed by atoms with Crippen LogP contribution in [0.5, 0.6) is 0 Å². The van der Waals surface area contributed by atoms with Crippen molar-refractivity contribution < 1.29 is 0 Å². The molecule has 0 aromatic rings. The predicted octanol–water partition coefficient (Wildman–Crippen LogP) is -3.43. The van der Waals surface area contributed by atoms with Gasteiger partial charge in [-0.1, -0.05) is 0 Å². The van der Waals surface area contributed by atoms with Crippen LogP contribution >= 0.6 is 0 Å². The van der Waals surface area contributed by atoms with Gasteiger partial charge in [0.25, 0.3) is 0 Å². The Bertz CT molecular complexity index is 21.5. The van der Waals surface area contributed by atoms with Crippen LogP contribution in [-0.2, 0) is 0 Å². The summed E-state index contributed by atoms with van der Waals surface area (Å²) in [6.45, 7) is 0. The van der Waals surface area contributed by atoms with Gasteiger partial charge in [-0.15, -0.1) is 0 Å². The van der Waals surface area contributed by atoms with E-state index in [0.29, 0.717) is 0 Å². The van der Waals surface area contributed by atoms with Gasteiger partial charge in [0, 0.05) is 0 Å². The standard InChI is InChI=1S/3Bi.3HN.3H/h;;;3*1H;;;. The summed E-state index contributed by atoms with van der Waals surface area (Å²) in [5.41, 5.74) is 0. The molecule has 1 saturated heterocycles. The molecule has 0 aromatic carbocycles. The van der Waals surface area contributed by atoms with Crippen molar-refractivity contribution in [1.82, 2.24) is 3.61 Å². The van der Waals surface area contributed by atoms with Crippen molar-refractivity contribution in [2.24, 2.45) is 0 Å². The second kappa shape index (κ2) is 4.41. The Hall–Kier alpha value is 2.53. The predicted molar refractivity (Wildman–Crippen MR) is 30.9 cm³/mol. The summed E-state index contributed by atoms with van der Waals surface area (Å²) in [5, 5.41) is 0. The molecular weight excluding hydrogens is 669 g/mol. The summed E-state index contributed by atoms with van der Waals surface area (Å²) in [7, 11) is 0. The van der Waals surface area contributed by atoms with Gasteiger partial charge in [-0.25, -0.2) is 0 Å². The molecule has 0 bridgehead atoms. The molecule has 1 heterocycles. The maximum absolute atomic E-state index is 3.50.